The molecule has 1 atom stereocenters. The molecule has 0 aliphatic carbocycles. The molecule has 6 nitrogen and oxygen atoms in total. The molecule has 106 valence electrons. The number of hydrogen-bond acceptors (Lipinski definition) is 6. The molecule has 0 bridgehead atoms. The molecule has 1 saturated heterocycles. The van der Waals surface area contributed by atoms with Gasteiger partial charge in [0.15, 0.2) is 0 Å². The van der Waals surface area contributed by atoms with E-state index in [2.05, 4.69) is 43.5 Å². The molecule has 19 heavy (non-hydrogen) atoms. The maximum atomic E-state index is 5.57. The van der Waals surface area contributed by atoms with Gasteiger partial charge >= 0.3 is 0 Å². The van der Waals surface area contributed by atoms with Gasteiger partial charge in [0.25, 0.3) is 0 Å². The van der Waals surface area contributed by atoms with Gasteiger partial charge in [-0.2, -0.15) is 4.98 Å². The van der Waals surface area contributed by atoms with E-state index in [9.17, 15) is 0 Å². The third-order valence-electron chi connectivity index (χ3n) is 2.66. The van der Waals surface area contributed by atoms with E-state index in [1.54, 1.807) is 6.20 Å². The minimum Gasteiger partial charge on any atom is -0.376 e. The highest BCUT2D eigenvalue weighted by Gasteiger charge is 2.15. The lowest BCUT2D eigenvalue weighted by molar-refractivity contribution is -0.0819. The van der Waals surface area contributed by atoms with Crippen LogP contribution in [0.4, 0.5) is 11.8 Å². The number of anilines is 2. The molecular formula is C12H19BrN4O2. The summed E-state index contributed by atoms with van der Waals surface area (Å²) in [5.74, 6) is 1.40. The molecule has 0 radical (unpaired) electrons. The fourth-order valence-corrected chi connectivity index (χ4v) is 2.01. The molecule has 0 aromatic carbocycles. The number of ether oxygens (including phenoxy) is 2. The highest BCUT2D eigenvalue weighted by atomic mass is 79.9. The molecule has 2 heterocycles. The van der Waals surface area contributed by atoms with Gasteiger partial charge in [0.05, 0.1) is 30.4 Å². The van der Waals surface area contributed by atoms with Crippen molar-refractivity contribution in [3.63, 3.8) is 0 Å². The van der Waals surface area contributed by atoms with Gasteiger partial charge in [0, 0.05) is 19.3 Å². The summed E-state index contributed by atoms with van der Waals surface area (Å²) in [4.78, 5) is 8.62. The molecule has 0 amide bonds. The smallest absolute Gasteiger partial charge is 0.224 e. The van der Waals surface area contributed by atoms with Gasteiger partial charge in [-0.25, -0.2) is 4.98 Å². The lowest BCUT2D eigenvalue weighted by Crippen LogP contribution is -2.34. The average Bonchev–Trinajstić information content (AvgIpc) is 2.46. The van der Waals surface area contributed by atoms with Crippen molar-refractivity contribution >= 4 is 27.7 Å². The quantitative estimate of drug-likeness (QED) is 0.830. The lowest BCUT2D eigenvalue weighted by atomic mass is 10.3. The van der Waals surface area contributed by atoms with Crippen molar-refractivity contribution in [2.24, 2.45) is 0 Å². The number of aromatic nitrogens is 2. The molecule has 1 aromatic rings. The molecule has 1 unspecified atom stereocenters. The van der Waals surface area contributed by atoms with E-state index in [1.807, 2.05) is 0 Å². The van der Waals surface area contributed by atoms with Crippen molar-refractivity contribution in [3.05, 3.63) is 10.7 Å². The van der Waals surface area contributed by atoms with Gasteiger partial charge < -0.3 is 20.1 Å². The minimum atomic E-state index is 0.0719. The molecule has 1 fully saturated rings. The van der Waals surface area contributed by atoms with E-state index >= 15 is 0 Å². The number of halogens is 1. The summed E-state index contributed by atoms with van der Waals surface area (Å²) < 4.78 is 11.8. The first-order valence-electron chi connectivity index (χ1n) is 6.49. The van der Waals surface area contributed by atoms with Gasteiger partial charge in [-0.05, 0) is 22.4 Å². The predicted octanol–water partition coefficient (Wildman–Crippen LogP) is 1.89. The van der Waals surface area contributed by atoms with Crippen molar-refractivity contribution in [1.29, 1.82) is 0 Å². The summed E-state index contributed by atoms with van der Waals surface area (Å²) >= 11 is 3.44. The largest absolute Gasteiger partial charge is 0.376 e. The van der Waals surface area contributed by atoms with Gasteiger partial charge in [-0.1, -0.05) is 6.92 Å². The minimum absolute atomic E-state index is 0.0719. The maximum Gasteiger partial charge on any atom is 0.224 e. The van der Waals surface area contributed by atoms with E-state index in [0.717, 1.165) is 23.3 Å². The number of nitrogens with one attached hydrogen (secondary N) is 2. The molecule has 2 N–H and O–H groups in total. The van der Waals surface area contributed by atoms with Gasteiger partial charge in [0.1, 0.15) is 5.82 Å². The summed E-state index contributed by atoms with van der Waals surface area (Å²) in [5, 5.41) is 6.42. The van der Waals surface area contributed by atoms with Gasteiger partial charge in [-0.15, -0.1) is 0 Å². The highest BCUT2D eigenvalue weighted by Crippen LogP contribution is 2.20. The van der Waals surface area contributed by atoms with Crippen molar-refractivity contribution in [3.8, 4) is 0 Å². The zero-order valence-electron chi connectivity index (χ0n) is 11.0. The van der Waals surface area contributed by atoms with Crippen LogP contribution < -0.4 is 10.6 Å². The SMILES string of the molecule is CCCNc1ncc(Br)c(NCC2COCCO2)n1. The molecule has 7 heteroatoms. The van der Waals surface area contributed by atoms with Crippen molar-refractivity contribution in [2.75, 3.05) is 43.5 Å². The number of hydrogen-bond donors (Lipinski definition) is 2. The molecular weight excluding hydrogens is 312 g/mol. The first-order valence-corrected chi connectivity index (χ1v) is 7.28. The number of nitrogens with zero attached hydrogens (tertiary/aromatic N) is 2. The second-order valence-electron chi connectivity index (χ2n) is 4.27. The van der Waals surface area contributed by atoms with Crippen LogP contribution in [0.15, 0.2) is 10.7 Å². The summed E-state index contributed by atoms with van der Waals surface area (Å²) in [5.41, 5.74) is 0. The Morgan fingerprint density at radius 3 is 3.05 bits per heavy atom. The Hall–Kier alpha value is -0.920. The zero-order chi connectivity index (χ0) is 13.5. The topological polar surface area (TPSA) is 68.3 Å². The molecule has 1 aliphatic rings. The Labute approximate surface area is 121 Å². The van der Waals surface area contributed by atoms with Crippen LogP contribution in [-0.4, -0.2) is 49.0 Å². The maximum absolute atomic E-state index is 5.57. The monoisotopic (exact) mass is 330 g/mol. The third kappa shape index (κ3) is 4.59. The Balaban J connectivity index is 1.90. The van der Waals surface area contributed by atoms with Crippen LogP contribution in [0.3, 0.4) is 0 Å². The van der Waals surface area contributed by atoms with Crippen LogP contribution in [0.25, 0.3) is 0 Å². The van der Waals surface area contributed by atoms with Crippen LogP contribution in [0, 0.1) is 0 Å². The second kappa shape index (κ2) is 7.62. The van der Waals surface area contributed by atoms with Gasteiger partial charge in [0.2, 0.25) is 5.95 Å². The Bertz CT molecular complexity index is 399. The van der Waals surface area contributed by atoms with Crippen LogP contribution >= 0.6 is 15.9 Å². The summed E-state index contributed by atoms with van der Waals surface area (Å²) in [7, 11) is 0. The van der Waals surface area contributed by atoms with E-state index in [1.165, 1.54) is 0 Å². The summed E-state index contributed by atoms with van der Waals surface area (Å²) in [6, 6.07) is 0. The Morgan fingerprint density at radius 2 is 2.32 bits per heavy atom. The zero-order valence-corrected chi connectivity index (χ0v) is 12.6. The number of rotatable bonds is 6. The van der Waals surface area contributed by atoms with Crippen LogP contribution in [0.1, 0.15) is 13.3 Å². The first kappa shape index (κ1) is 14.5. The van der Waals surface area contributed by atoms with E-state index < -0.39 is 0 Å². The fourth-order valence-electron chi connectivity index (χ4n) is 1.68. The fraction of sp³-hybridized carbons (Fsp3) is 0.667. The Morgan fingerprint density at radius 1 is 1.42 bits per heavy atom. The summed E-state index contributed by atoms with van der Waals surface area (Å²) in [6.45, 7) is 5.59. The van der Waals surface area contributed by atoms with Crippen LogP contribution in [0.5, 0.6) is 0 Å². The standard InChI is InChI=1S/C12H19BrN4O2/c1-2-3-14-12-16-7-10(13)11(17-12)15-6-9-8-18-4-5-19-9/h7,9H,2-6,8H2,1H3,(H2,14,15,16,17). The normalized spacial score (nSPS) is 19.2. The van der Waals surface area contributed by atoms with E-state index in [0.29, 0.717) is 32.3 Å². The Kier molecular flexibility index (Phi) is 5.81. The molecule has 1 aliphatic heterocycles. The second-order valence-corrected chi connectivity index (χ2v) is 5.12. The van der Waals surface area contributed by atoms with Crippen molar-refractivity contribution in [1.82, 2.24) is 9.97 Å². The average molecular weight is 331 g/mol. The highest BCUT2D eigenvalue weighted by molar-refractivity contribution is 9.10. The van der Waals surface area contributed by atoms with E-state index in [4.69, 9.17) is 9.47 Å². The third-order valence-corrected chi connectivity index (χ3v) is 3.24. The van der Waals surface area contributed by atoms with Crippen molar-refractivity contribution in [2.45, 2.75) is 19.4 Å². The lowest BCUT2D eigenvalue weighted by Gasteiger charge is -2.23. The summed E-state index contributed by atoms with van der Waals surface area (Å²) in [6.07, 6.45) is 2.85. The van der Waals surface area contributed by atoms with E-state index in [-0.39, 0.29) is 6.10 Å². The predicted molar refractivity (Wildman–Crippen MR) is 77.6 cm³/mol. The molecule has 0 saturated carbocycles. The first-order chi connectivity index (χ1) is 9.29. The molecule has 2 rings (SSSR count). The molecule has 0 spiro atoms. The van der Waals surface area contributed by atoms with Crippen molar-refractivity contribution < 1.29 is 9.47 Å². The van der Waals surface area contributed by atoms with Crippen LogP contribution in [0.2, 0.25) is 0 Å². The van der Waals surface area contributed by atoms with Crippen LogP contribution in [-0.2, 0) is 9.47 Å². The molecule has 1 aromatic heterocycles. The van der Waals surface area contributed by atoms with Gasteiger partial charge in [-0.3, -0.25) is 0 Å².